The predicted octanol–water partition coefficient (Wildman–Crippen LogP) is 5.32. The standard InChI is InChI=1S/C24H32N2O2/c1-18(19-10-8-7-9-11-19)25-26-22(27)16-28-21-14-12-20(13-15-21)24(5,6)17-23(2,3)4/h7-15H,16-17H2,1-6H3,(H,26,27). The number of nitrogens with one attached hydrogen (secondary N) is 1. The number of ether oxygens (including phenoxy) is 1. The lowest BCUT2D eigenvalue weighted by Gasteiger charge is -2.33. The summed E-state index contributed by atoms with van der Waals surface area (Å²) in [7, 11) is 0. The number of hydrogen-bond acceptors (Lipinski definition) is 3. The van der Waals surface area contributed by atoms with Crippen LogP contribution < -0.4 is 10.2 Å². The van der Waals surface area contributed by atoms with Gasteiger partial charge in [-0.3, -0.25) is 4.79 Å². The molecule has 0 aliphatic heterocycles. The minimum atomic E-state index is -0.285. The molecule has 2 rings (SSSR count). The second-order valence-electron chi connectivity index (χ2n) is 9.03. The highest BCUT2D eigenvalue weighted by molar-refractivity contribution is 5.99. The Morgan fingerprint density at radius 2 is 1.57 bits per heavy atom. The molecule has 150 valence electrons. The third kappa shape index (κ3) is 6.84. The molecule has 0 aliphatic rings. The van der Waals surface area contributed by atoms with Crippen LogP contribution >= 0.6 is 0 Å². The molecule has 0 heterocycles. The zero-order valence-electron chi connectivity index (χ0n) is 17.9. The van der Waals surface area contributed by atoms with Crippen molar-refractivity contribution in [1.82, 2.24) is 5.43 Å². The predicted molar refractivity (Wildman–Crippen MR) is 116 cm³/mol. The molecule has 4 heteroatoms. The number of carbonyl (C=O) groups is 1. The normalized spacial score (nSPS) is 12.6. The molecule has 4 nitrogen and oxygen atoms in total. The second-order valence-corrected chi connectivity index (χ2v) is 9.03. The lowest BCUT2D eigenvalue weighted by Crippen LogP contribution is -2.26. The van der Waals surface area contributed by atoms with Crippen molar-refractivity contribution in [3.05, 3.63) is 65.7 Å². The fourth-order valence-corrected chi connectivity index (χ4v) is 3.50. The molecule has 0 radical (unpaired) electrons. The van der Waals surface area contributed by atoms with E-state index in [9.17, 15) is 4.79 Å². The number of carbonyl (C=O) groups excluding carboxylic acids is 1. The molecule has 0 bridgehead atoms. The zero-order chi connectivity index (χ0) is 20.8. The van der Waals surface area contributed by atoms with Gasteiger partial charge in [0.25, 0.3) is 5.91 Å². The van der Waals surface area contributed by atoms with Crippen molar-refractivity contribution in [2.75, 3.05) is 6.61 Å². The summed E-state index contributed by atoms with van der Waals surface area (Å²) in [4.78, 5) is 12.0. The Kier molecular flexibility index (Phi) is 7.00. The van der Waals surface area contributed by atoms with E-state index in [0.29, 0.717) is 5.75 Å². The average Bonchev–Trinajstić information content (AvgIpc) is 2.63. The molecule has 1 N–H and O–H groups in total. The molecule has 0 unspecified atom stereocenters. The van der Waals surface area contributed by atoms with Crippen LogP contribution in [0.5, 0.6) is 5.75 Å². The summed E-state index contributed by atoms with van der Waals surface area (Å²) in [5.74, 6) is 0.390. The van der Waals surface area contributed by atoms with Crippen LogP contribution in [0.1, 0.15) is 59.1 Å². The van der Waals surface area contributed by atoms with Crippen molar-refractivity contribution in [3.8, 4) is 5.75 Å². The van der Waals surface area contributed by atoms with Crippen molar-refractivity contribution in [2.24, 2.45) is 10.5 Å². The molecule has 1 amide bonds. The van der Waals surface area contributed by atoms with E-state index < -0.39 is 0 Å². The molecule has 0 fully saturated rings. The first-order chi connectivity index (χ1) is 13.1. The molecule has 28 heavy (non-hydrogen) atoms. The SMILES string of the molecule is CC(=NNC(=O)COc1ccc(C(C)(C)CC(C)(C)C)cc1)c1ccccc1. The van der Waals surface area contributed by atoms with Gasteiger partial charge in [-0.1, -0.05) is 77.1 Å². The summed E-state index contributed by atoms with van der Waals surface area (Å²) >= 11 is 0. The maximum absolute atomic E-state index is 12.0. The average molecular weight is 381 g/mol. The van der Waals surface area contributed by atoms with E-state index in [4.69, 9.17) is 4.74 Å². The maximum Gasteiger partial charge on any atom is 0.277 e. The first kappa shape index (κ1) is 21.7. The fourth-order valence-electron chi connectivity index (χ4n) is 3.50. The molecule has 2 aromatic rings. The highest BCUT2D eigenvalue weighted by atomic mass is 16.5. The van der Waals surface area contributed by atoms with E-state index in [-0.39, 0.29) is 23.3 Å². The van der Waals surface area contributed by atoms with Gasteiger partial charge < -0.3 is 4.74 Å². The summed E-state index contributed by atoms with van der Waals surface area (Å²) < 4.78 is 5.59. The van der Waals surface area contributed by atoms with E-state index in [1.807, 2.05) is 49.4 Å². The fraction of sp³-hybridized carbons (Fsp3) is 0.417. The monoisotopic (exact) mass is 380 g/mol. The number of nitrogens with zero attached hydrogens (tertiary/aromatic N) is 1. The van der Waals surface area contributed by atoms with Crippen LogP contribution in [0.15, 0.2) is 59.7 Å². The van der Waals surface area contributed by atoms with Crippen molar-refractivity contribution in [1.29, 1.82) is 0 Å². The Morgan fingerprint density at radius 3 is 2.14 bits per heavy atom. The van der Waals surface area contributed by atoms with E-state index >= 15 is 0 Å². The van der Waals surface area contributed by atoms with Crippen LogP contribution in [0.2, 0.25) is 0 Å². The minimum absolute atomic E-state index is 0.0731. The molecule has 2 aromatic carbocycles. The molecule has 0 atom stereocenters. The van der Waals surface area contributed by atoms with Crippen molar-refractivity contribution >= 4 is 11.6 Å². The highest BCUT2D eigenvalue weighted by Crippen LogP contribution is 2.36. The summed E-state index contributed by atoms with van der Waals surface area (Å²) in [6.45, 7) is 13.1. The van der Waals surface area contributed by atoms with Gasteiger partial charge in [-0.15, -0.1) is 0 Å². The smallest absolute Gasteiger partial charge is 0.277 e. The summed E-state index contributed by atoms with van der Waals surface area (Å²) in [5.41, 5.74) is 5.86. The van der Waals surface area contributed by atoms with Gasteiger partial charge in [-0.25, -0.2) is 5.43 Å². The Morgan fingerprint density at radius 1 is 0.964 bits per heavy atom. The molecule has 0 spiro atoms. The zero-order valence-corrected chi connectivity index (χ0v) is 17.9. The van der Waals surface area contributed by atoms with Crippen molar-refractivity contribution in [2.45, 2.75) is 53.4 Å². The van der Waals surface area contributed by atoms with Crippen molar-refractivity contribution in [3.63, 3.8) is 0 Å². The first-order valence-corrected chi connectivity index (χ1v) is 9.69. The molecular weight excluding hydrogens is 348 g/mol. The van der Waals surface area contributed by atoms with Gasteiger partial charge in [0.2, 0.25) is 0 Å². The van der Waals surface area contributed by atoms with Gasteiger partial charge in [0, 0.05) is 0 Å². The lowest BCUT2D eigenvalue weighted by molar-refractivity contribution is -0.123. The summed E-state index contributed by atoms with van der Waals surface area (Å²) in [5, 5.41) is 4.12. The minimum Gasteiger partial charge on any atom is -0.484 e. The third-order valence-corrected chi connectivity index (χ3v) is 4.52. The van der Waals surface area contributed by atoms with Crippen LogP contribution in [0, 0.1) is 5.41 Å². The number of amides is 1. The second kappa shape index (κ2) is 9.05. The third-order valence-electron chi connectivity index (χ3n) is 4.52. The van der Waals surface area contributed by atoms with Gasteiger partial charge >= 0.3 is 0 Å². The Hall–Kier alpha value is -2.62. The molecule has 0 saturated carbocycles. The lowest BCUT2D eigenvalue weighted by atomic mass is 9.72. The molecule has 0 aliphatic carbocycles. The van der Waals surface area contributed by atoms with Crippen LogP contribution in [0.3, 0.4) is 0 Å². The number of rotatable bonds is 7. The van der Waals surface area contributed by atoms with E-state index in [1.54, 1.807) is 0 Å². The number of hydrogen-bond donors (Lipinski definition) is 1. The molecule has 0 saturated heterocycles. The molecular formula is C24H32N2O2. The summed E-state index contributed by atoms with van der Waals surface area (Å²) in [6.07, 6.45) is 1.08. The van der Waals surface area contributed by atoms with Crippen LogP contribution in [0.4, 0.5) is 0 Å². The maximum atomic E-state index is 12.0. The van der Waals surface area contributed by atoms with Gasteiger partial charge in [0.1, 0.15) is 5.75 Å². The largest absolute Gasteiger partial charge is 0.484 e. The van der Waals surface area contributed by atoms with Gasteiger partial charge in [0.15, 0.2) is 6.61 Å². The van der Waals surface area contributed by atoms with Gasteiger partial charge in [-0.2, -0.15) is 5.10 Å². The van der Waals surface area contributed by atoms with Crippen LogP contribution in [0.25, 0.3) is 0 Å². The number of benzene rings is 2. The van der Waals surface area contributed by atoms with E-state index in [2.05, 4.69) is 57.3 Å². The van der Waals surface area contributed by atoms with Crippen LogP contribution in [-0.2, 0) is 10.2 Å². The Labute approximate surface area is 169 Å². The van der Waals surface area contributed by atoms with Crippen LogP contribution in [-0.4, -0.2) is 18.2 Å². The quantitative estimate of drug-likeness (QED) is 0.522. The number of hydrazone groups is 1. The topological polar surface area (TPSA) is 50.7 Å². The van der Waals surface area contributed by atoms with Gasteiger partial charge in [0.05, 0.1) is 5.71 Å². The van der Waals surface area contributed by atoms with E-state index in [1.165, 1.54) is 5.56 Å². The Balaban J connectivity index is 1.88. The highest BCUT2D eigenvalue weighted by Gasteiger charge is 2.27. The van der Waals surface area contributed by atoms with Crippen molar-refractivity contribution < 1.29 is 9.53 Å². The van der Waals surface area contributed by atoms with E-state index in [0.717, 1.165) is 17.7 Å². The molecule has 0 aromatic heterocycles. The Bertz CT molecular complexity index is 801. The first-order valence-electron chi connectivity index (χ1n) is 9.69. The van der Waals surface area contributed by atoms with Gasteiger partial charge in [-0.05, 0) is 47.4 Å². The summed E-state index contributed by atoms with van der Waals surface area (Å²) in [6, 6.07) is 17.7.